The zero-order valence-electron chi connectivity index (χ0n) is 8.15. The molecule has 5 nitrogen and oxygen atoms in total. The smallest absolute Gasteiger partial charge is 0.410 e. The lowest BCUT2D eigenvalue weighted by Crippen LogP contribution is -2.47. The van der Waals surface area contributed by atoms with Crippen LogP contribution in [0, 0.1) is 0 Å². The SMILES string of the molecule is NCC1COC(=O)N1C1CCOCC1. The first-order chi connectivity index (χ1) is 6.83. The lowest BCUT2D eigenvalue weighted by molar-refractivity contribution is 0.0412. The Morgan fingerprint density at radius 3 is 2.79 bits per heavy atom. The molecule has 0 aliphatic carbocycles. The van der Waals surface area contributed by atoms with Crippen molar-refractivity contribution in [2.24, 2.45) is 5.73 Å². The fourth-order valence-corrected chi connectivity index (χ4v) is 2.06. The fourth-order valence-electron chi connectivity index (χ4n) is 2.06. The van der Waals surface area contributed by atoms with Gasteiger partial charge < -0.3 is 15.2 Å². The zero-order chi connectivity index (χ0) is 9.97. The molecule has 1 atom stereocenters. The Hall–Kier alpha value is -0.810. The molecule has 0 saturated carbocycles. The Kier molecular flexibility index (Phi) is 2.88. The second-order valence-corrected chi connectivity index (χ2v) is 3.72. The average Bonchev–Trinajstić information content (AvgIpc) is 2.61. The van der Waals surface area contributed by atoms with Crippen LogP contribution >= 0.6 is 0 Å². The number of amides is 1. The van der Waals surface area contributed by atoms with E-state index in [0.29, 0.717) is 13.2 Å². The van der Waals surface area contributed by atoms with Gasteiger partial charge in [-0.15, -0.1) is 0 Å². The summed E-state index contributed by atoms with van der Waals surface area (Å²) in [5, 5.41) is 0. The second kappa shape index (κ2) is 4.14. The van der Waals surface area contributed by atoms with E-state index in [9.17, 15) is 4.79 Å². The van der Waals surface area contributed by atoms with Crippen molar-refractivity contribution in [1.82, 2.24) is 4.90 Å². The number of nitrogens with two attached hydrogens (primary N) is 1. The van der Waals surface area contributed by atoms with E-state index in [2.05, 4.69) is 0 Å². The van der Waals surface area contributed by atoms with E-state index in [1.54, 1.807) is 4.90 Å². The molecule has 14 heavy (non-hydrogen) atoms. The molecule has 0 aromatic rings. The predicted octanol–water partition coefficient (Wildman–Crippen LogP) is -0.0551. The van der Waals surface area contributed by atoms with Crippen molar-refractivity contribution in [3.05, 3.63) is 0 Å². The maximum atomic E-state index is 11.5. The number of carbonyl (C=O) groups excluding carboxylic acids is 1. The highest BCUT2D eigenvalue weighted by Crippen LogP contribution is 2.22. The van der Waals surface area contributed by atoms with Crippen molar-refractivity contribution < 1.29 is 14.3 Å². The summed E-state index contributed by atoms with van der Waals surface area (Å²) in [6.45, 7) is 2.37. The Balaban J connectivity index is 2.01. The Labute approximate surface area is 83.1 Å². The fraction of sp³-hybridized carbons (Fsp3) is 0.889. The van der Waals surface area contributed by atoms with Crippen LogP contribution in [0.25, 0.3) is 0 Å². The molecular formula is C9H16N2O3. The van der Waals surface area contributed by atoms with Gasteiger partial charge in [-0.05, 0) is 12.8 Å². The Morgan fingerprint density at radius 1 is 1.43 bits per heavy atom. The Bertz CT molecular complexity index is 216. The molecule has 0 aromatic carbocycles. The number of ether oxygens (including phenoxy) is 2. The normalized spacial score (nSPS) is 29.4. The van der Waals surface area contributed by atoms with Crippen molar-refractivity contribution in [3.8, 4) is 0 Å². The van der Waals surface area contributed by atoms with E-state index in [4.69, 9.17) is 15.2 Å². The standard InChI is InChI=1S/C9H16N2O3/c10-5-8-6-14-9(12)11(8)7-1-3-13-4-2-7/h7-8H,1-6,10H2. The number of nitrogens with zero attached hydrogens (tertiary/aromatic N) is 1. The third-order valence-electron chi connectivity index (χ3n) is 2.86. The van der Waals surface area contributed by atoms with Crippen LogP contribution in [-0.4, -0.2) is 49.4 Å². The van der Waals surface area contributed by atoms with Gasteiger partial charge in [-0.25, -0.2) is 4.79 Å². The highest BCUT2D eigenvalue weighted by molar-refractivity contribution is 5.70. The minimum Gasteiger partial charge on any atom is -0.447 e. The molecule has 2 heterocycles. The summed E-state index contributed by atoms with van der Waals surface area (Å²) in [5.41, 5.74) is 5.59. The van der Waals surface area contributed by atoms with Crippen LogP contribution in [0.5, 0.6) is 0 Å². The van der Waals surface area contributed by atoms with E-state index < -0.39 is 0 Å². The molecule has 2 fully saturated rings. The summed E-state index contributed by atoms with van der Waals surface area (Å²) in [5.74, 6) is 0. The van der Waals surface area contributed by atoms with Gasteiger partial charge in [0.25, 0.3) is 0 Å². The largest absolute Gasteiger partial charge is 0.447 e. The molecule has 2 aliphatic rings. The molecule has 5 heteroatoms. The van der Waals surface area contributed by atoms with Crippen LogP contribution in [0.1, 0.15) is 12.8 Å². The highest BCUT2D eigenvalue weighted by atomic mass is 16.6. The van der Waals surface area contributed by atoms with Gasteiger partial charge >= 0.3 is 6.09 Å². The Morgan fingerprint density at radius 2 is 2.14 bits per heavy atom. The van der Waals surface area contributed by atoms with Crippen LogP contribution in [0.15, 0.2) is 0 Å². The van der Waals surface area contributed by atoms with E-state index in [0.717, 1.165) is 26.1 Å². The van der Waals surface area contributed by atoms with Gasteiger partial charge in [0, 0.05) is 25.8 Å². The van der Waals surface area contributed by atoms with Crippen LogP contribution in [0.4, 0.5) is 4.79 Å². The maximum absolute atomic E-state index is 11.5. The number of carbonyl (C=O) groups is 1. The van der Waals surface area contributed by atoms with Gasteiger partial charge in [0.05, 0.1) is 6.04 Å². The summed E-state index contributed by atoms with van der Waals surface area (Å²) in [7, 11) is 0. The van der Waals surface area contributed by atoms with Crippen LogP contribution < -0.4 is 5.73 Å². The van der Waals surface area contributed by atoms with Crippen LogP contribution in [-0.2, 0) is 9.47 Å². The summed E-state index contributed by atoms with van der Waals surface area (Å²) in [6.07, 6.45) is 1.57. The van der Waals surface area contributed by atoms with Gasteiger partial charge in [-0.1, -0.05) is 0 Å². The molecule has 0 spiro atoms. The molecular weight excluding hydrogens is 184 g/mol. The van der Waals surface area contributed by atoms with Gasteiger partial charge in [0.15, 0.2) is 0 Å². The molecule has 2 aliphatic heterocycles. The minimum absolute atomic E-state index is 0.0607. The molecule has 2 N–H and O–H groups in total. The molecule has 0 aromatic heterocycles. The number of cyclic esters (lactones) is 1. The topological polar surface area (TPSA) is 64.8 Å². The molecule has 1 unspecified atom stereocenters. The summed E-state index contributed by atoms with van der Waals surface area (Å²) >= 11 is 0. The van der Waals surface area contributed by atoms with E-state index in [1.165, 1.54) is 0 Å². The predicted molar refractivity (Wildman–Crippen MR) is 49.9 cm³/mol. The quantitative estimate of drug-likeness (QED) is 0.678. The van der Waals surface area contributed by atoms with Gasteiger partial charge in [0.2, 0.25) is 0 Å². The molecule has 0 radical (unpaired) electrons. The third-order valence-corrected chi connectivity index (χ3v) is 2.86. The summed E-state index contributed by atoms with van der Waals surface area (Å²) in [4.78, 5) is 13.2. The molecule has 1 amide bonds. The first-order valence-electron chi connectivity index (χ1n) is 5.06. The number of hydrogen-bond donors (Lipinski definition) is 1. The van der Waals surface area contributed by atoms with E-state index >= 15 is 0 Å². The van der Waals surface area contributed by atoms with E-state index in [-0.39, 0.29) is 18.2 Å². The highest BCUT2D eigenvalue weighted by Gasteiger charge is 2.37. The van der Waals surface area contributed by atoms with Gasteiger partial charge in [-0.3, -0.25) is 4.90 Å². The molecule has 2 saturated heterocycles. The first kappa shape index (κ1) is 9.73. The number of rotatable bonds is 2. The third kappa shape index (κ3) is 1.69. The first-order valence-corrected chi connectivity index (χ1v) is 5.06. The maximum Gasteiger partial charge on any atom is 0.410 e. The van der Waals surface area contributed by atoms with Crippen molar-refractivity contribution >= 4 is 6.09 Å². The van der Waals surface area contributed by atoms with Crippen LogP contribution in [0.3, 0.4) is 0 Å². The van der Waals surface area contributed by atoms with Crippen molar-refractivity contribution in [1.29, 1.82) is 0 Å². The van der Waals surface area contributed by atoms with Crippen LogP contribution in [0.2, 0.25) is 0 Å². The summed E-state index contributed by atoms with van der Waals surface area (Å²) < 4.78 is 10.2. The van der Waals surface area contributed by atoms with Crippen molar-refractivity contribution in [2.45, 2.75) is 24.9 Å². The number of hydrogen-bond acceptors (Lipinski definition) is 4. The lowest BCUT2D eigenvalue weighted by atomic mass is 10.1. The minimum atomic E-state index is -0.215. The van der Waals surface area contributed by atoms with Crippen molar-refractivity contribution in [3.63, 3.8) is 0 Å². The van der Waals surface area contributed by atoms with Gasteiger partial charge in [0.1, 0.15) is 6.61 Å². The average molecular weight is 200 g/mol. The molecule has 2 rings (SSSR count). The van der Waals surface area contributed by atoms with Gasteiger partial charge in [-0.2, -0.15) is 0 Å². The monoisotopic (exact) mass is 200 g/mol. The lowest BCUT2D eigenvalue weighted by Gasteiger charge is -2.32. The van der Waals surface area contributed by atoms with E-state index in [1.807, 2.05) is 0 Å². The zero-order valence-corrected chi connectivity index (χ0v) is 8.15. The molecule has 80 valence electrons. The van der Waals surface area contributed by atoms with Crippen molar-refractivity contribution in [2.75, 3.05) is 26.4 Å². The summed E-state index contributed by atoms with van der Waals surface area (Å²) in [6, 6.07) is 0.317. The molecule has 0 bridgehead atoms. The second-order valence-electron chi connectivity index (χ2n) is 3.72.